The molecule has 1 aliphatic heterocycles. The number of hydrogen-bond donors (Lipinski definition) is 1. The Morgan fingerprint density at radius 3 is 2.54 bits per heavy atom. The Morgan fingerprint density at radius 1 is 1.18 bits per heavy atom. The molecule has 0 bridgehead atoms. The Kier molecular flexibility index (Phi) is 7.86. The number of nitrogens with one attached hydrogen (secondary N) is 1. The van der Waals surface area contributed by atoms with Gasteiger partial charge in [-0.05, 0) is 49.2 Å². The number of rotatable bonds is 8. The smallest absolute Gasteiger partial charge is 0.176 e. The highest BCUT2D eigenvalue weighted by molar-refractivity contribution is 6.31. The first-order chi connectivity index (χ1) is 13.6. The lowest BCUT2D eigenvalue weighted by Gasteiger charge is -2.36. The molecule has 1 N–H and O–H groups in total. The predicted molar refractivity (Wildman–Crippen MR) is 117 cm³/mol. The molecule has 2 unspecified atom stereocenters. The Balaban J connectivity index is 1.74. The van der Waals surface area contributed by atoms with Crippen molar-refractivity contribution in [2.75, 3.05) is 39.3 Å². The van der Waals surface area contributed by atoms with E-state index in [0.29, 0.717) is 6.04 Å². The van der Waals surface area contributed by atoms with Crippen molar-refractivity contribution in [3.05, 3.63) is 58.7 Å². The normalized spacial score (nSPS) is 21.8. The predicted octanol–water partition coefficient (Wildman–Crippen LogP) is 3.32. The second-order valence-corrected chi connectivity index (χ2v) is 7.99. The molecule has 3 rings (SSSR count). The minimum absolute atomic E-state index is 0.111. The highest BCUT2D eigenvalue weighted by Gasteiger charge is 2.26. The average Bonchev–Trinajstić information content (AvgIpc) is 2.72. The molecule has 1 aromatic carbocycles. The summed E-state index contributed by atoms with van der Waals surface area (Å²) < 4.78 is 0. The SMILES string of the molecule is CCN(CC)C1C=CC(CC(Cc2ccccc2Cl)N2CCNCC2)=CC1=O. The van der Waals surface area contributed by atoms with Gasteiger partial charge >= 0.3 is 0 Å². The number of carbonyl (C=O) groups is 1. The van der Waals surface area contributed by atoms with Crippen molar-refractivity contribution in [1.82, 2.24) is 15.1 Å². The number of carbonyl (C=O) groups excluding carboxylic acids is 1. The molecule has 0 spiro atoms. The average molecular weight is 402 g/mol. The van der Waals surface area contributed by atoms with Crippen LogP contribution < -0.4 is 5.32 Å². The molecule has 0 aromatic heterocycles. The summed E-state index contributed by atoms with van der Waals surface area (Å²) in [5.74, 6) is 0.206. The maximum atomic E-state index is 12.7. The fourth-order valence-corrected chi connectivity index (χ4v) is 4.45. The van der Waals surface area contributed by atoms with Crippen molar-refractivity contribution in [1.29, 1.82) is 0 Å². The van der Waals surface area contributed by atoms with E-state index in [1.807, 2.05) is 24.3 Å². The fourth-order valence-electron chi connectivity index (χ4n) is 4.24. The van der Waals surface area contributed by atoms with E-state index in [2.05, 4.69) is 47.2 Å². The van der Waals surface area contributed by atoms with Gasteiger partial charge in [0, 0.05) is 37.2 Å². The topological polar surface area (TPSA) is 35.6 Å². The summed E-state index contributed by atoms with van der Waals surface area (Å²) in [6.07, 6.45) is 7.88. The summed E-state index contributed by atoms with van der Waals surface area (Å²) in [4.78, 5) is 17.5. The van der Waals surface area contributed by atoms with E-state index < -0.39 is 0 Å². The molecule has 2 atom stereocenters. The molecule has 1 fully saturated rings. The van der Waals surface area contributed by atoms with E-state index >= 15 is 0 Å². The van der Waals surface area contributed by atoms with Gasteiger partial charge in [-0.1, -0.05) is 55.8 Å². The lowest BCUT2D eigenvalue weighted by atomic mass is 9.92. The maximum absolute atomic E-state index is 12.7. The fraction of sp³-hybridized carbons (Fsp3) is 0.522. The van der Waals surface area contributed by atoms with Gasteiger partial charge in [-0.15, -0.1) is 0 Å². The van der Waals surface area contributed by atoms with E-state index in [-0.39, 0.29) is 11.8 Å². The van der Waals surface area contributed by atoms with Gasteiger partial charge in [0.1, 0.15) is 0 Å². The van der Waals surface area contributed by atoms with Gasteiger partial charge in [0.05, 0.1) is 6.04 Å². The third-order valence-electron chi connectivity index (χ3n) is 5.87. The molecule has 0 saturated carbocycles. The van der Waals surface area contributed by atoms with Crippen molar-refractivity contribution < 1.29 is 4.79 Å². The van der Waals surface area contributed by atoms with Crippen LogP contribution in [0.25, 0.3) is 0 Å². The van der Waals surface area contributed by atoms with E-state index in [1.54, 1.807) is 0 Å². The van der Waals surface area contributed by atoms with Crippen LogP contribution in [0.3, 0.4) is 0 Å². The number of hydrogen-bond acceptors (Lipinski definition) is 4. The van der Waals surface area contributed by atoms with Crippen LogP contribution in [0, 0.1) is 0 Å². The number of allylic oxidation sites excluding steroid dienone is 1. The van der Waals surface area contributed by atoms with Gasteiger partial charge in [0.2, 0.25) is 0 Å². The summed E-state index contributed by atoms with van der Waals surface area (Å²) in [6, 6.07) is 8.34. The lowest BCUT2D eigenvalue weighted by Crippen LogP contribution is -2.49. The zero-order valence-corrected chi connectivity index (χ0v) is 17.8. The van der Waals surface area contributed by atoms with E-state index in [4.69, 9.17) is 11.6 Å². The largest absolute Gasteiger partial charge is 0.314 e. The monoisotopic (exact) mass is 401 g/mol. The zero-order chi connectivity index (χ0) is 19.9. The molecule has 5 heteroatoms. The van der Waals surface area contributed by atoms with Crippen LogP contribution in [-0.4, -0.2) is 66.9 Å². The van der Waals surface area contributed by atoms with E-state index in [0.717, 1.165) is 62.7 Å². The number of likely N-dealkylation sites (N-methyl/N-ethyl adjacent to an activating group) is 1. The molecule has 152 valence electrons. The third kappa shape index (κ3) is 5.32. The van der Waals surface area contributed by atoms with Crippen molar-refractivity contribution >= 4 is 17.4 Å². The number of benzene rings is 1. The Hall–Kier alpha value is -1.46. The van der Waals surface area contributed by atoms with Crippen LogP contribution in [0.15, 0.2) is 48.1 Å². The number of piperazine rings is 1. The molecule has 1 heterocycles. The molecule has 4 nitrogen and oxygen atoms in total. The lowest BCUT2D eigenvalue weighted by molar-refractivity contribution is -0.118. The van der Waals surface area contributed by atoms with Crippen molar-refractivity contribution in [3.63, 3.8) is 0 Å². The van der Waals surface area contributed by atoms with E-state index in [9.17, 15) is 4.79 Å². The summed E-state index contributed by atoms with van der Waals surface area (Å²) >= 11 is 6.44. The first-order valence-electron chi connectivity index (χ1n) is 10.5. The highest BCUT2D eigenvalue weighted by atomic mass is 35.5. The third-order valence-corrected chi connectivity index (χ3v) is 6.24. The quantitative estimate of drug-likeness (QED) is 0.724. The molecule has 2 aliphatic rings. The molecule has 0 radical (unpaired) electrons. The summed E-state index contributed by atoms with van der Waals surface area (Å²) in [5.41, 5.74) is 2.31. The minimum atomic E-state index is -0.111. The van der Waals surface area contributed by atoms with Gasteiger partial charge in [0.15, 0.2) is 5.78 Å². The van der Waals surface area contributed by atoms with Gasteiger partial charge < -0.3 is 5.32 Å². The molecule has 1 saturated heterocycles. The second kappa shape index (κ2) is 10.4. The van der Waals surface area contributed by atoms with Crippen LogP contribution in [0.1, 0.15) is 25.8 Å². The summed E-state index contributed by atoms with van der Waals surface area (Å²) in [5, 5.41) is 4.26. The van der Waals surface area contributed by atoms with Gasteiger partial charge in [-0.25, -0.2) is 0 Å². The van der Waals surface area contributed by atoms with Crippen molar-refractivity contribution in [2.24, 2.45) is 0 Å². The van der Waals surface area contributed by atoms with Crippen LogP contribution in [0.5, 0.6) is 0 Å². The second-order valence-electron chi connectivity index (χ2n) is 7.59. The van der Waals surface area contributed by atoms with Crippen LogP contribution in [0.4, 0.5) is 0 Å². The van der Waals surface area contributed by atoms with Gasteiger partial charge in [0.25, 0.3) is 0 Å². The first-order valence-corrected chi connectivity index (χ1v) is 10.8. The van der Waals surface area contributed by atoms with Gasteiger partial charge in [-0.3, -0.25) is 14.6 Å². The summed E-state index contributed by atoms with van der Waals surface area (Å²) in [7, 11) is 0. The minimum Gasteiger partial charge on any atom is -0.314 e. The first kappa shape index (κ1) is 21.3. The standard InChI is InChI=1S/C23H32ClN3O/c1-3-26(4-2)22-10-9-18(16-23(22)28)15-20(27-13-11-25-12-14-27)17-19-7-5-6-8-21(19)24/h5-10,16,20,22,25H,3-4,11-15,17H2,1-2H3. The van der Waals surface area contributed by atoms with Crippen molar-refractivity contribution in [2.45, 2.75) is 38.8 Å². The summed E-state index contributed by atoms with van der Waals surface area (Å²) in [6.45, 7) is 10.1. The Morgan fingerprint density at radius 2 is 1.89 bits per heavy atom. The number of ketones is 1. The van der Waals surface area contributed by atoms with E-state index in [1.165, 1.54) is 5.56 Å². The number of nitrogens with zero attached hydrogens (tertiary/aromatic N) is 2. The van der Waals surface area contributed by atoms with Gasteiger partial charge in [-0.2, -0.15) is 0 Å². The Bertz CT molecular complexity index is 720. The Labute approximate surface area is 174 Å². The molecule has 0 amide bonds. The molecule has 1 aromatic rings. The van der Waals surface area contributed by atoms with Crippen LogP contribution in [0.2, 0.25) is 5.02 Å². The zero-order valence-electron chi connectivity index (χ0n) is 17.0. The molecule has 1 aliphatic carbocycles. The maximum Gasteiger partial charge on any atom is 0.176 e. The molecule has 28 heavy (non-hydrogen) atoms. The molecular formula is C23H32ClN3O. The van der Waals surface area contributed by atoms with Crippen LogP contribution in [-0.2, 0) is 11.2 Å². The van der Waals surface area contributed by atoms with Crippen LogP contribution >= 0.6 is 11.6 Å². The highest BCUT2D eigenvalue weighted by Crippen LogP contribution is 2.25. The molecular weight excluding hydrogens is 370 g/mol. The number of halogens is 1. The van der Waals surface area contributed by atoms with Crippen molar-refractivity contribution in [3.8, 4) is 0 Å².